The fourth-order valence-electron chi connectivity index (χ4n) is 2.30. The van der Waals surface area contributed by atoms with Gasteiger partial charge in [-0.25, -0.2) is 13.1 Å². The molecule has 0 bridgehead atoms. The van der Waals surface area contributed by atoms with Gasteiger partial charge in [-0.05, 0) is 37.5 Å². The highest BCUT2D eigenvalue weighted by molar-refractivity contribution is 7.89. The lowest BCUT2D eigenvalue weighted by molar-refractivity contribution is 0.574. The van der Waals surface area contributed by atoms with Crippen LogP contribution in [0.5, 0.6) is 0 Å². The first-order valence-corrected chi connectivity index (χ1v) is 9.02. The van der Waals surface area contributed by atoms with Gasteiger partial charge in [0, 0.05) is 6.54 Å². The van der Waals surface area contributed by atoms with Gasteiger partial charge in [0.25, 0.3) is 0 Å². The van der Waals surface area contributed by atoms with Crippen LogP contribution in [0.1, 0.15) is 29.9 Å². The summed E-state index contributed by atoms with van der Waals surface area (Å²) in [4.78, 5) is 0.267. The van der Waals surface area contributed by atoms with Crippen LogP contribution >= 0.6 is 0 Å². The molecule has 0 heterocycles. The monoisotopic (exact) mass is 328 g/mol. The summed E-state index contributed by atoms with van der Waals surface area (Å²) in [6, 6.07) is 18.6. The molecule has 0 saturated heterocycles. The SMILES string of the molecule is Cc1ccc(S(=O)(=O)NCCC[C@H](C#N)c2ccccc2)cc1. The highest BCUT2D eigenvalue weighted by atomic mass is 32.2. The summed E-state index contributed by atoms with van der Waals surface area (Å²) in [6.45, 7) is 2.23. The maximum absolute atomic E-state index is 12.2. The van der Waals surface area contributed by atoms with Crippen molar-refractivity contribution >= 4 is 10.0 Å². The zero-order valence-corrected chi connectivity index (χ0v) is 13.9. The topological polar surface area (TPSA) is 70.0 Å². The summed E-state index contributed by atoms with van der Waals surface area (Å²) >= 11 is 0. The van der Waals surface area contributed by atoms with Crippen molar-refractivity contribution in [3.05, 3.63) is 65.7 Å². The molecule has 4 nitrogen and oxygen atoms in total. The van der Waals surface area contributed by atoms with Crippen LogP contribution in [0.3, 0.4) is 0 Å². The van der Waals surface area contributed by atoms with E-state index < -0.39 is 10.0 Å². The first kappa shape index (κ1) is 17.2. The van der Waals surface area contributed by atoms with E-state index in [4.69, 9.17) is 0 Å². The fourth-order valence-corrected chi connectivity index (χ4v) is 3.38. The molecule has 23 heavy (non-hydrogen) atoms. The summed E-state index contributed by atoms with van der Waals surface area (Å²) in [7, 11) is -3.48. The molecule has 0 radical (unpaired) electrons. The third-order valence-electron chi connectivity index (χ3n) is 3.65. The van der Waals surface area contributed by atoms with Gasteiger partial charge < -0.3 is 0 Å². The van der Waals surface area contributed by atoms with Crippen molar-refractivity contribution in [2.24, 2.45) is 0 Å². The van der Waals surface area contributed by atoms with Crippen molar-refractivity contribution in [2.75, 3.05) is 6.54 Å². The van der Waals surface area contributed by atoms with E-state index in [2.05, 4.69) is 10.8 Å². The Balaban J connectivity index is 1.87. The van der Waals surface area contributed by atoms with Crippen molar-refractivity contribution < 1.29 is 8.42 Å². The van der Waals surface area contributed by atoms with Crippen molar-refractivity contribution in [1.29, 1.82) is 5.26 Å². The predicted octanol–water partition coefficient (Wildman–Crippen LogP) is 3.36. The minimum Gasteiger partial charge on any atom is -0.211 e. The number of aryl methyl sites for hydroxylation is 1. The Labute approximate surface area is 137 Å². The minimum atomic E-state index is -3.48. The first-order valence-electron chi connectivity index (χ1n) is 7.54. The number of benzene rings is 2. The lowest BCUT2D eigenvalue weighted by atomic mass is 9.96. The van der Waals surface area contributed by atoms with Crippen LogP contribution in [0.15, 0.2) is 59.5 Å². The minimum absolute atomic E-state index is 0.208. The third-order valence-corrected chi connectivity index (χ3v) is 5.13. The standard InChI is InChI=1S/C18H20N2O2S/c1-15-9-11-18(12-10-15)23(21,22)20-13-5-8-17(14-19)16-6-3-2-4-7-16/h2-4,6-7,9-12,17,20H,5,8,13H2,1H3/t17-/m1/s1. The molecule has 2 aromatic carbocycles. The molecule has 0 aliphatic heterocycles. The average Bonchev–Trinajstić information content (AvgIpc) is 2.56. The lowest BCUT2D eigenvalue weighted by Crippen LogP contribution is -2.25. The van der Waals surface area contributed by atoms with Gasteiger partial charge in [0.05, 0.1) is 16.9 Å². The van der Waals surface area contributed by atoms with Crippen molar-refractivity contribution in [3.8, 4) is 6.07 Å². The van der Waals surface area contributed by atoms with Gasteiger partial charge in [0.2, 0.25) is 10.0 Å². The number of nitriles is 1. The Kier molecular flexibility index (Phi) is 5.91. The predicted molar refractivity (Wildman–Crippen MR) is 90.4 cm³/mol. The zero-order valence-electron chi connectivity index (χ0n) is 13.1. The second kappa shape index (κ2) is 7.91. The lowest BCUT2D eigenvalue weighted by Gasteiger charge is -2.10. The van der Waals surface area contributed by atoms with E-state index in [9.17, 15) is 13.7 Å². The van der Waals surface area contributed by atoms with Gasteiger partial charge in [-0.2, -0.15) is 5.26 Å². The van der Waals surface area contributed by atoms with E-state index in [-0.39, 0.29) is 10.8 Å². The molecule has 0 aliphatic carbocycles. The molecule has 0 unspecified atom stereocenters. The molecule has 1 N–H and O–H groups in total. The quantitative estimate of drug-likeness (QED) is 0.792. The summed E-state index contributed by atoms with van der Waals surface area (Å²) < 4.78 is 26.9. The average molecular weight is 328 g/mol. The van der Waals surface area contributed by atoms with Gasteiger partial charge in [-0.15, -0.1) is 0 Å². The van der Waals surface area contributed by atoms with E-state index in [0.717, 1.165) is 11.1 Å². The Morgan fingerprint density at radius 3 is 2.35 bits per heavy atom. The van der Waals surface area contributed by atoms with Crippen LogP contribution in [0.2, 0.25) is 0 Å². The van der Waals surface area contributed by atoms with Crippen molar-refractivity contribution in [1.82, 2.24) is 4.72 Å². The molecule has 5 heteroatoms. The molecule has 0 aromatic heterocycles. The molecule has 0 spiro atoms. The molecule has 0 saturated carbocycles. The maximum Gasteiger partial charge on any atom is 0.240 e. The largest absolute Gasteiger partial charge is 0.240 e. The number of nitrogens with one attached hydrogen (secondary N) is 1. The van der Waals surface area contributed by atoms with Gasteiger partial charge in [-0.1, -0.05) is 48.0 Å². The van der Waals surface area contributed by atoms with Crippen LogP contribution < -0.4 is 4.72 Å². The highest BCUT2D eigenvalue weighted by Crippen LogP contribution is 2.20. The van der Waals surface area contributed by atoms with Gasteiger partial charge in [0.1, 0.15) is 0 Å². The Morgan fingerprint density at radius 2 is 1.74 bits per heavy atom. The van der Waals surface area contributed by atoms with E-state index in [0.29, 0.717) is 19.4 Å². The Bertz CT molecular complexity index is 763. The van der Waals surface area contributed by atoms with E-state index in [1.807, 2.05) is 37.3 Å². The van der Waals surface area contributed by atoms with Crippen LogP contribution in [0, 0.1) is 18.3 Å². The highest BCUT2D eigenvalue weighted by Gasteiger charge is 2.14. The smallest absolute Gasteiger partial charge is 0.211 e. The van der Waals surface area contributed by atoms with Gasteiger partial charge in [0.15, 0.2) is 0 Å². The fraction of sp³-hybridized carbons (Fsp3) is 0.278. The Morgan fingerprint density at radius 1 is 1.09 bits per heavy atom. The third kappa shape index (κ3) is 4.92. The molecule has 120 valence electrons. The van der Waals surface area contributed by atoms with Crippen molar-refractivity contribution in [3.63, 3.8) is 0 Å². The molecular formula is C18H20N2O2S. The normalized spacial score (nSPS) is 12.5. The van der Waals surface area contributed by atoms with Crippen LogP contribution in [0.25, 0.3) is 0 Å². The Hall–Kier alpha value is -2.16. The molecule has 0 amide bonds. The molecule has 2 rings (SSSR count). The van der Waals surface area contributed by atoms with E-state index in [1.54, 1.807) is 24.3 Å². The second-order valence-electron chi connectivity index (χ2n) is 5.45. The van der Waals surface area contributed by atoms with Crippen molar-refractivity contribution in [2.45, 2.75) is 30.6 Å². The zero-order chi connectivity index (χ0) is 16.7. The molecule has 0 fully saturated rings. The molecule has 1 atom stereocenters. The number of sulfonamides is 1. The van der Waals surface area contributed by atoms with Crippen LogP contribution in [-0.4, -0.2) is 15.0 Å². The maximum atomic E-state index is 12.2. The number of nitrogens with zero attached hydrogens (tertiary/aromatic N) is 1. The van der Waals surface area contributed by atoms with Crippen LogP contribution in [0.4, 0.5) is 0 Å². The molecule has 0 aliphatic rings. The van der Waals surface area contributed by atoms with Crippen LogP contribution in [-0.2, 0) is 10.0 Å². The van der Waals surface area contributed by atoms with E-state index in [1.165, 1.54) is 0 Å². The summed E-state index contributed by atoms with van der Waals surface area (Å²) in [5, 5.41) is 9.25. The second-order valence-corrected chi connectivity index (χ2v) is 7.21. The van der Waals surface area contributed by atoms with E-state index >= 15 is 0 Å². The summed E-state index contributed by atoms with van der Waals surface area (Å²) in [6.07, 6.45) is 1.23. The number of hydrogen-bond donors (Lipinski definition) is 1. The molecule has 2 aromatic rings. The van der Waals surface area contributed by atoms with Gasteiger partial charge in [-0.3, -0.25) is 0 Å². The van der Waals surface area contributed by atoms with Gasteiger partial charge >= 0.3 is 0 Å². The summed E-state index contributed by atoms with van der Waals surface area (Å²) in [5.41, 5.74) is 1.99. The number of rotatable bonds is 7. The molecular weight excluding hydrogens is 308 g/mol. The number of hydrogen-bond acceptors (Lipinski definition) is 3. The summed E-state index contributed by atoms with van der Waals surface area (Å²) in [5.74, 6) is -0.208. The first-order chi connectivity index (χ1) is 11.0.